The minimum absolute atomic E-state index is 0.167. The van der Waals surface area contributed by atoms with Crippen LogP contribution >= 0.6 is 0 Å². The summed E-state index contributed by atoms with van der Waals surface area (Å²) in [7, 11) is 1.81. The maximum atomic E-state index is 13.2. The van der Waals surface area contributed by atoms with E-state index in [9.17, 15) is 14.0 Å². The second-order valence-electron chi connectivity index (χ2n) is 6.11. The standard InChI is InChI=1S/C19H19FN2O2/c1-21(12-14-6-5-9-16(20)10-14)13-22-18(23)11-17(19(22)24)15-7-3-2-4-8-15/h2-10,17H,11-13H2,1H3/t17-/m0/s1. The third-order valence-corrected chi connectivity index (χ3v) is 4.17. The van der Waals surface area contributed by atoms with Crippen LogP contribution < -0.4 is 0 Å². The predicted molar refractivity (Wildman–Crippen MR) is 88.4 cm³/mol. The Balaban J connectivity index is 1.66. The van der Waals surface area contributed by atoms with Crippen LogP contribution in [0.25, 0.3) is 0 Å². The van der Waals surface area contributed by atoms with Gasteiger partial charge in [0.25, 0.3) is 0 Å². The number of halogens is 1. The van der Waals surface area contributed by atoms with Crippen LogP contribution in [-0.2, 0) is 16.1 Å². The van der Waals surface area contributed by atoms with Gasteiger partial charge in [-0.15, -0.1) is 0 Å². The number of nitrogens with zero attached hydrogens (tertiary/aromatic N) is 2. The molecule has 1 aliphatic heterocycles. The second kappa shape index (κ2) is 6.93. The zero-order valence-corrected chi connectivity index (χ0v) is 13.5. The Bertz CT molecular complexity index is 748. The number of benzene rings is 2. The van der Waals surface area contributed by atoms with E-state index in [1.807, 2.05) is 41.3 Å². The monoisotopic (exact) mass is 326 g/mol. The molecule has 2 aromatic rings. The van der Waals surface area contributed by atoms with E-state index in [4.69, 9.17) is 0 Å². The lowest BCUT2D eigenvalue weighted by atomic mass is 9.98. The van der Waals surface area contributed by atoms with Gasteiger partial charge in [-0.1, -0.05) is 42.5 Å². The van der Waals surface area contributed by atoms with Crippen molar-refractivity contribution in [3.8, 4) is 0 Å². The lowest BCUT2D eigenvalue weighted by molar-refractivity contribution is -0.141. The molecule has 0 radical (unpaired) electrons. The Morgan fingerprint density at radius 3 is 2.58 bits per heavy atom. The number of rotatable bonds is 5. The molecule has 24 heavy (non-hydrogen) atoms. The number of hydrogen-bond acceptors (Lipinski definition) is 3. The molecule has 1 atom stereocenters. The number of carbonyl (C=O) groups is 2. The third kappa shape index (κ3) is 3.51. The molecule has 0 aromatic heterocycles. The Kier molecular flexibility index (Phi) is 4.71. The van der Waals surface area contributed by atoms with Crippen LogP contribution in [0.1, 0.15) is 23.5 Å². The van der Waals surface area contributed by atoms with Crippen LogP contribution in [0.15, 0.2) is 54.6 Å². The molecule has 1 fully saturated rings. The van der Waals surface area contributed by atoms with Crippen molar-refractivity contribution < 1.29 is 14.0 Å². The van der Waals surface area contributed by atoms with E-state index in [-0.39, 0.29) is 30.7 Å². The van der Waals surface area contributed by atoms with E-state index in [0.717, 1.165) is 11.1 Å². The summed E-state index contributed by atoms with van der Waals surface area (Å²) in [4.78, 5) is 27.9. The highest BCUT2D eigenvalue weighted by Gasteiger charge is 2.39. The van der Waals surface area contributed by atoms with E-state index < -0.39 is 5.92 Å². The van der Waals surface area contributed by atoms with E-state index in [2.05, 4.69) is 0 Å². The molecule has 5 heteroatoms. The van der Waals surface area contributed by atoms with Crippen molar-refractivity contribution in [1.82, 2.24) is 9.80 Å². The van der Waals surface area contributed by atoms with Crippen LogP contribution in [-0.4, -0.2) is 35.3 Å². The van der Waals surface area contributed by atoms with Gasteiger partial charge in [0.2, 0.25) is 11.8 Å². The summed E-state index contributed by atoms with van der Waals surface area (Å²) in [5, 5.41) is 0. The van der Waals surface area contributed by atoms with Crippen LogP contribution in [0.2, 0.25) is 0 Å². The molecule has 0 unspecified atom stereocenters. The van der Waals surface area contributed by atoms with E-state index in [1.54, 1.807) is 13.1 Å². The fourth-order valence-electron chi connectivity index (χ4n) is 3.02. The second-order valence-corrected chi connectivity index (χ2v) is 6.11. The predicted octanol–water partition coefficient (Wildman–Crippen LogP) is 2.76. The molecule has 0 bridgehead atoms. The summed E-state index contributed by atoms with van der Waals surface area (Å²) in [6.07, 6.45) is 0.205. The molecule has 0 N–H and O–H groups in total. The van der Waals surface area contributed by atoms with Crippen molar-refractivity contribution in [3.05, 3.63) is 71.5 Å². The first-order valence-electron chi connectivity index (χ1n) is 7.87. The van der Waals surface area contributed by atoms with Crippen molar-refractivity contribution in [3.63, 3.8) is 0 Å². The zero-order chi connectivity index (χ0) is 17.1. The normalized spacial score (nSPS) is 17.8. The van der Waals surface area contributed by atoms with Gasteiger partial charge < -0.3 is 0 Å². The molecule has 1 heterocycles. The van der Waals surface area contributed by atoms with Crippen molar-refractivity contribution in [2.75, 3.05) is 13.7 Å². The van der Waals surface area contributed by atoms with E-state index in [1.165, 1.54) is 17.0 Å². The summed E-state index contributed by atoms with van der Waals surface area (Å²) < 4.78 is 13.2. The highest BCUT2D eigenvalue weighted by atomic mass is 19.1. The van der Waals surface area contributed by atoms with Crippen LogP contribution in [0, 0.1) is 5.82 Å². The minimum atomic E-state index is -0.402. The molecule has 0 aliphatic carbocycles. The van der Waals surface area contributed by atoms with Gasteiger partial charge in [-0.05, 0) is 30.3 Å². The van der Waals surface area contributed by atoms with Gasteiger partial charge in [0, 0.05) is 13.0 Å². The lowest BCUT2D eigenvalue weighted by Gasteiger charge is -2.23. The fourth-order valence-corrected chi connectivity index (χ4v) is 3.02. The summed E-state index contributed by atoms with van der Waals surface area (Å²) in [6, 6.07) is 15.7. The maximum Gasteiger partial charge on any atom is 0.238 e. The first-order valence-corrected chi connectivity index (χ1v) is 7.87. The quantitative estimate of drug-likeness (QED) is 0.793. The average Bonchev–Trinajstić information content (AvgIpc) is 2.84. The van der Waals surface area contributed by atoms with Gasteiger partial charge in [0.05, 0.1) is 12.6 Å². The largest absolute Gasteiger partial charge is 0.284 e. The Morgan fingerprint density at radius 2 is 1.88 bits per heavy atom. The number of carbonyl (C=O) groups excluding carboxylic acids is 2. The molecular weight excluding hydrogens is 307 g/mol. The third-order valence-electron chi connectivity index (χ3n) is 4.17. The number of likely N-dealkylation sites (tertiary alicyclic amines) is 1. The van der Waals surface area contributed by atoms with Gasteiger partial charge in [0.1, 0.15) is 5.82 Å². The smallest absolute Gasteiger partial charge is 0.238 e. The fraction of sp³-hybridized carbons (Fsp3) is 0.263. The highest BCUT2D eigenvalue weighted by Crippen LogP contribution is 2.29. The summed E-state index contributed by atoms with van der Waals surface area (Å²) in [6.45, 7) is 0.669. The van der Waals surface area contributed by atoms with Crippen LogP contribution in [0.5, 0.6) is 0 Å². The van der Waals surface area contributed by atoms with E-state index in [0.29, 0.717) is 6.54 Å². The molecule has 0 saturated carbocycles. The topological polar surface area (TPSA) is 40.6 Å². The molecule has 3 rings (SSSR count). The van der Waals surface area contributed by atoms with Crippen molar-refractivity contribution in [1.29, 1.82) is 0 Å². The summed E-state index contributed by atoms with van der Waals surface area (Å²) in [5.41, 5.74) is 1.67. The number of imide groups is 1. The molecule has 1 saturated heterocycles. The molecule has 2 aromatic carbocycles. The Morgan fingerprint density at radius 1 is 1.12 bits per heavy atom. The molecule has 2 amide bonds. The van der Waals surface area contributed by atoms with Crippen molar-refractivity contribution >= 4 is 11.8 Å². The summed E-state index contributed by atoms with van der Waals surface area (Å²) >= 11 is 0. The maximum absolute atomic E-state index is 13.2. The lowest BCUT2D eigenvalue weighted by Crippen LogP contribution is -2.39. The first-order chi connectivity index (χ1) is 11.5. The van der Waals surface area contributed by atoms with Gasteiger partial charge >= 0.3 is 0 Å². The van der Waals surface area contributed by atoms with Gasteiger partial charge in [0.15, 0.2) is 0 Å². The first kappa shape index (κ1) is 16.3. The van der Waals surface area contributed by atoms with Crippen molar-refractivity contribution in [2.45, 2.75) is 18.9 Å². The molecule has 4 nitrogen and oxygen atoms in total. The average molecular weight is 326 g/mol. The molecule has 0 spiro atoms. The van der Waals surface area contributed by atoms with Crippen molar-refractivity contribution in [2.24, 2.45) is 0 Å². The minimum Gasteiger partial charge on any atom is -0.284 e. The molecule has 124 valence electrons. The van der Waals surface area contributed by atoms with Gasteiger partial charge in [-0.2, -0.15) is 0 Å². The van der Waals surface area contributed by atoms with E-state index >= 15 is 0 Å². The van der Waals surface area contributed by atoms with Gasteiger partial charge in [-0.3, -0.25) is 19.4 Å². The Hall–Kier alpha value is -2.53. The SMILES string of the molecule is CN(Cc1cccc(F)c1)CN1C(=O)C[C@@H](c2ccccc2)C1=O. The van der Waals surface area contributed by atoms with Crippen LogP contribution in [0.3, 0.4) is 0 Å². The summed E-state index contributed by atoms with van der Waals surface area (Å²) in [5.74, 6) is -1.03. The number of hydrogen-bond donors (Lipinski definition) is 0. The van der Waals surface area contributed by atoms with Crippen LogP contribution in [0.4, 0.5) is 4.39 Å². The van der Waals surface area contributed by atoms with Gasteiger partial charge in [-0.25, -0.2) is 4.39 Å². The Labute approximate surface area is 140 Å². The zero-order valence-electron chi connectivity index (χ0n) is 13.5. The molecule has 1 aliphatic rings. The molecular formula is C19H19FN2O2. The number of amides is 2. The highest BCUT2D eigenvalue weighted by molar-refractivity contribution is 6.06.